The molecule has 0 spiro atoms. The minimum Gasteiger partial charge on any atom is -0.352 e. The number of thioether (sulfide) groups is 1. The number of rotatable bonds is 11. The fourth-order valence-corrected chi connectivity index (χ4v) is 5.98. The predicted octanol–water partition coefficient (Wildman–Crippen LogP) is 7.03. The number of nitrogens with zero attached hydrogens (tertiary/aromatic N) is 1. The van der Waals surface area contributed by atoms with Crippen molar-refractivity contribution in [3.8, 4) is 0 Å². The third-order valence-electron chi connectivity index (χ3n) is 6.68. The van der Waals surface area contributed by atoms with Gasteiger partial charge in [-0.1, -0.05) is 101 Å². The zero-order valence-corrected chi connectivity index (χ0v) is 23.9. The second-order valence-electron chi connectivity index (χ2n) is 9.43. The standard InChI is InChI=1S/C30H32BrClN2O2S/c31-25-16-14-23(15-17-25)20-37-21-29(35)34(19-24-10-4-7-13-27(24)32)28(18-22-8-2-1-3-9-22)30(36)33-26-11-5-6-12-26/h1-4,7-10,13-17,26,28H,5-6,11-12,18-21H2,(H,33,36)/t28-/m1/s1. The Morgan fingerprint density at radius 2 is 1.62 bits per heavy atom. The zero-order valence-electron chi connectivity index (χ0n) is 20.7. The molecule has 0 heterocycles. The van der Waals surface area contributed by atoms with Gasteiger partial charge in [0.2, 0.25) is 11.8 Å². The Kier molecular flexibility index (Phi) is 10.5. The van der Waals surface area contributed by atoms with Gasteiger partial charge in [0.1, 0.15) is 6.04 Å². The molecular formula is C30H32BrClN2O2S. The van der Waals surface area contributed by atoms with E-state index in [2.05, 4.69) is 33.4 Å². The number of halogens is 2. The number of hydrogen-bond donors (Lipinski definition) is 1. The molecule has 194 valence electrons. The van der Waals surface area contributed by atoms with E-state index in [1.165, 1.54) is 0 Å². The molecule has 3 aromatic carbocycles. The molecule has 1 aliphatic rings. The Bertz CT molecular complexity index is 1170. The quantitative estimate of drug-likeness (QED) is 0.257. The van der Waals surface area contributed by atoms with E-state index >= 15 is 0 Å². The van der Waals surface area contributed by atoms with Crippen LogP contribution in [0, 0.1) is 0 Å². The highest BCUT2D eigenvalue weighted by atomic mass is 79.9. The van der Waals surface area contributed by atoms with Gasteiger partial charge in [0.05, 0.1) is 5.75 Å². The highest BCUT2D eigenvalue weighted by molar-refractivity contribution is 9.10. The lowest BCUT2D eigenvalue weighted by molar-refractivity contribution is -0.139. The molecule has 1 N–H and O–H groups in total. The number of amides is 2. The van der Waals surface area contributed by atoms with Crippen LogP contribution in [-0.4, -0.2) is 34.6 Å². The van der Waals surface area contributed by atoms with Crippen molar-refractivity contribution in [1.29, 1.82) is 0 Å². The summed E-state index contributed by atoms with van der Waals surface area (Å²) in [4.78, 5) is 29.2. The number of nitrogens with one attached hydrogen (secondary N) is 1. The molecular weight excluding hydrogens is 568 g/mol. The molecule has 4 nitrogen and oxygen atoms in total. The largest absolute Gasteiger partial charge is 0.352 e. The molecule has 0 radical (unpaired) electrons. The van der Waals surface area contributed by atoms with Crippen LogP contribution < -0.4 is 5.32 Å². The van der Waals surface area contributed by atoms with Gasteiger partial charge < -0.3 is 10.2 Å². The average Bonchev–Trinajstić information content (AvgIpc) is 3.42. The van der Waals surface area contributed by atoms with Gasteiger partial charge in [0.25, 0.3) is 0 Å². The summed E-state index contributed by atoms with van der Waals surface area (Å²) in [6.07, 6.45) is 4.69. The maximum atomic E-state index is 13.8. The van der Waals surface area contributed by atoms with Crippen LogP contribution >= 0.6 is 39.3 Å². The van der Waals surface area contributed by atoms with Crippen LogP contribution in [0.1, 0.15) is 42.4 Å². The van der Waals surface area contributed by atoms with Gasteiger partial charge >= 0.3 is 0 Å². The Balaban J connectivity index is 1.56. The van der Waals surface area contributed by atoms with Crippen molar-refractivity contribution in [1.82, 2.24) is 10.2 Å². The monoisotopic (exact) mass is 598 g/mol. The molecule has 1 atom stereocenters. The van der Waals surface area contributed by atoms with Gasteiger partial charge in [0, 0.05) is 34.3 Å². The third kappa shape index (κ3) is 8.36. The Morgan fingerprint density at radius 3 is 2.32 bits per heavy atom. The Morgan fingerprint density at radius 1 is 0.946 bits per heavy atom. The van der Waals surface area contributed by atoms with Crippen LogP contribution in [-0.2, 0) is 28.3 Å². The van der Waals surface area contributed by atoms with Crippen molar-refractivity contribution in [3.05, 3.63) is 105 Å². The summed E-state index contributed by atoms with van der Waals surface area (Å²) in [5.74, 6) is 0.845. The second-order valence-corrected chi connectivity index (χ2v) is 11.7. The highest BCUT2D eigenvalue weighted by Gasteiger charge is 2.32. The van der Waals surface area contributed by atoms with E-state index in [0.717, 1.165) is 52.6 Å². The number of hydrogen-bond acceptors (Lipinski definition) is 3. The molecule has 1 fully saturated rings. The number of carbonyl (C=O) groups is 2. The smallest absolute Gasteiger partial charge is 0.243 e. The van der Waals surface area contributed by atoms with Crippen molar-refractivity contribution >= 4 is 51.1 Å². The van der Waals surface area contributed by atoms with Crippen LogP contribution in [0.2, 0.25) is 5.02 Å². The van der Waals surface area contributed by atoms with E-state index < -0.39 is 6.04 Å². The molecule has 3 aromatic rings. The van der Waals surface area contributed by atoms with Crippen molar-refractivity contribution in [2.75, 3.05) is 5.75 Å². The van der Waals surface area contributed by atoms with Gasteiger partial charge in [-0.3, -0.25) is 9.59 Å². The Hall–Kier alpha value is -2.28. The maximum absolute atomic E-state index is 13.8. The van der Waals surface area contributed by atoms with Gasteiger partial charge in [-0.25, -0.2) is 0 Å². The second kappa shape index (κ2) is 14.0. The lowest BCUT2D eigenvalue weighted by Gasteiger charge is -2.32. The summed E-state index contributed by atoms with van der Waals surface area (Å²) in [6, 6.07) is 25.1. The fraction of sp³-hybridized carbons (Fsp3) is 0.333. The van der Waals surface area contributed by atoms with E-state index in [1.54, 1.807) is 16.7 Å². The molecule has 1 saturated carbocycles. The normalized spacial score (nSPS) is 14.3. The van der Waals surface area contributed by atoms with Gasteiger partial charge in [0.15, 0.2) is 0 Å². The maximum Gasteiger partial charge on any atom is 0.243 e. The van der Waals surface area contributed by atoms with Crippen LogP contribution in [0.25, 0.3) is 0 Å². The van der Waals surface area contributed by atoms with Gasteiger partial charge in [-0.05, 0) is 47.7 Å². The average molecular weight is 600 g/mol. The molecule has 7 heteroatoms. The van der Waals surface area contributed by atoms with Crippen LogP contribution in [0.5, 0.6) is 0 Å². The molecule has 0 aromatic heterocycles. The van der Waals surface area contributed by atoms with Crippen LogP contribution in [0.4, 0.5) is 0 Å². The van der Waals surface area contributed by atoms with E-state index in [9.17, 15) is 9.59 Å². The first-order valence-corrected chi connectivity index (χ1v) is 15.0. The summed E-state index contributed by atoms with van der Waals surface area (Å²) in [7, 11) is 0. The van der Waals surface area contributed by atoms with E-state index in [0.29, 0.717) is 11.4 Å². The summed E-state index contributed by atoms with van der Waals surface area (Å²) in [6.45, 7) is 0.285. The van der Waals surface area contributed by atoms with Crippen LogP contribution in [0.3, 0.4) is 0 Å². The molecule has 0 aliphatic heterocycles. The summed E-state index contributed by atoms with van der Waals surface area (Å²) < 4.78 is 1.03. The van der Waals surface area contributed by atoms with Gasteiger partial charge in [-0.2, -0.15) is 0 Å². The number of carbonyl (C=O) groups excluding carboxylic acids is 2. The van der Waals surface area contributed by atoms with Crippen molar-refractivity contribution in [2.45, 2.75) is 56.5 Å². The Labute approximate surface area is 237 Å². The summed E-state index contributed by atoms with van der Waals surface area (Å²) >= 11 is 11.5. The van der Waals surface area contributed by atoms with Gasteiger partial charge in [-0.15, -0.1) is 11.8 Å². The molecule has 37 heavy (non-hydrogen) atoms. The molecule has 0 saturated heterocycles. The first-order valence-electron chi connectivity index (χ1n) is 12.7. The molecule has 0 bridgehead atoms. The molecule has 1 aliphatic carbocycles. The van der Waals surface area contributed by atoms with Crippen molar-refractivity contribution < 1.29 is 9.59 Å². The van der Waals surface area contributed by atoms with Crippen molar-refractivity contribution in [3.63, 3.8) is 0 Å². The lowest BCUT2D eigenvalue weighted by atomic mass is 10.0. The fourth-order valence-electron chi connectivity index (χ4n) is 4.65. The molecule has 2 amide bonds. The minimum absolute atomic E-state index is 0.0652. The van der Waals surface area contributed by atoms with Crippen LogP contribution in [0.15, 0.2) is 83.3 Å². The summed E-state index contributed by atoms with van der Waals surface area (Å²) in [5.41, 5.74) is 3.01. The summed E-state index contributed by atoms with van der Waals surface area (Å²) in [5, 5.41) is 3.84. The first-order chi connectivity index (χ1) is 18.0. The minimum atomic E-state index is -0.625. The predicted molar refractivity (Wildman–Crippen MR) is 157 cm³/mol. The SMILES string of the molecule is O=C(NC1CCCC1)[C@@H](Cc1ccccc1)N(Cc1ccccc1Cl)C(=O)CSCc1ccc(Br)cc1. The van der Waals surface area contributed by atoms with E-state index in [4.69, 9.17) is 11.6 Å². The first kappa shape index (κ1) is 27.7. The van der Waals surface area contributed by atoms with E-state index in [1.807, 2.05) is 66.7 Å². The zero-order chi connectivity index (χ0) is 26.0. The van der Waals surface area contributed by atoms with Crippen molar-refractivity contribution in [2.24, 2.45) is 0 Å². The molecule has 4 rings (SSSR count). The molecule has 0 unspecified atom stereocenters. The van der Waals surface area contributed by atoms with E-state index in [-0.39, 0.29) is 30.2 Å². The highest BCUT2D eigenvalue weighted by Crippen LogP contribution is 2.24. The topological polar surface area (TPSA) is 49.4 Å². The number of benzene rings is 3. The third-order valence-corrected chi connectivity index (χ3v) is 8.56. The lowest BCUT2D eigenvalue weighted by Crippen LogP contribution is -2.52.